The fourth-order valence-electron chi connectivity index (χ4n) is 2.71. The maximum absolute atomic E-state index is 11.7. The van der Waals surface area contributed by atoms with E-state index in [0.717, 1.165) is 0 Å². The molecule has 21 heavy (non-hydrogen) atoms. The summed E-state index contributed by atoms with van der Waals surface area (Å²) >= 11 is 0. The van der Waals surface area contributed by atoms with Crippen molar-refractivity contribution in [3.05, 3.63) is 0 Å². The van der Waals surface area contributed by atoms with Gasteiger partial charge in [0.25, 0.3) is 0 Å². The minimum absolute atomic E-state index is 0.226. The van der Waals surface area contributed by atoms with Crippen LogP contribution in [0.4, 0.5) is 0 Å². The molecule has 0 N–H and O–H groups in total. The monoisotopic (exact) mass is 324 g/mol. The fourth-order valence-corrected chi connectivity index (χ4v) is 3.76. The zero-order valence-corrected chi connectivity index (χ0v) is 13.2. The highest BCUT2D eigenvalue weighted by atomic mass is 32.3. The summed E-state index contributed by atoms with van der Waals surface area (Å²) in [6, 6.07) is 0. The van der Waals surface area contributed by atoms with Gasteiger partial charge < -0.3 is 18.9 Å². The van der Waals surface area contributed by atoms with Crippen LogP contribution in [-0.4, -0.2) is 57.6 Å². The molecule has 8 nitrogen and oxygen atoms in total. The van der Waals surface area contributed by atoms with E-state index in [1.807, 2.05) is 0 Å². The lowest BCUT2D eigenvalue weighted by molar-refractivity contribution is -0.165. The molecule has 0 aliphatic carbocycles. The molecular weight excluding hydrogens is 304 g/mol. The zero-order chi connectivity index (χ0) is 15.5. The van der Waals surface area contributed by atoms with Crippen molar-refractivity contribution in [1.82, 2.24) is 0 Å². The summed E-state index contributed by atoms with van der Waals surface area (Å²) in [5, 5.41) is 0. The molecule has 4 unspecified atom stereocenters. The fraction of sp³-hybridized carbons (Fsp3) is 1.00. The van der Waals surface area contributed by atoms with Crippen LogP contribution in [-0.2, 0) is 37.7 Å². The first kappa shape index (κ1) is 15.6. The molecular formula is C12H20O8S. The Morgan fingerprint density at radius 2 is 1.19 bits per heavy atom. The molecule has 4 atom stereocenters. The van der Waals surface area contributed by atoms with Crippen LogP contribution in [0.2, 0.25) is 0 Å². The Kier molecular flexibility index (Phi) is 3.60. The van der Waals surface area contributed by atoms with Crippen molar-refractivity contribution in [2.45, 2.75) is 63.7 Å². The second kappa shape index (κ2) is 4.85. The average Bonchev–Trinajstić information content (AvgIpc) is 2.94. The van der Waals surface area contributed by atoms with Gasteiger partial charge in [-0.3, -0.25) is 0 Å². The third-order valence-corrected chi connectivity index (χ3v) is 4.49. The maximum Gasteiger partial charge on any atom is 0.400 e. The first-order valence-electron chi connectivity index (χ1n) is 6.82. The highest BCUT2D eigenvalue weighted by Gasteiger charge is 2.54. The van der Waals surface area contributed by atoms with Crippen LogP contribution in [0.25, 0.3) is 0 Å². The van der Waals surface area contributed by atoms with Crippen LogP contribution < -0.4 is 0 Å². The number of hydrogen-bond acceptors (Lipinski definition) is 8. The first-order valence-corrected chi connectivity index (χ1v) is 8.15. The van der Waals surface area contributed by atoms with Crippen molar-refractivity contribution in [1.29, 1.82) is 0 Å². The summed E-state index contributed by atoms with van der Waals surface area (Å²) in [6.45, 7) is 7.47. The van der Waals surface area contributed by atoms with Crippen LogP contribution >= 0.6 is 0 Å². The van der Waals surface area contributed by atoms with Gasteiger partial charge in [-0.25, -0.2) is 8.37 Å². The van der Waals surface area contributed by atoms with Gasteiger partial charge in [0.15, 0.2) is 11.6 Å². The molecule has 0 aromatic rings. The quantitative estimate of drug-likeness (QED) is 0.717. The maximum atomic E-state index is 11.7. The Bertz CT molecular complexity index is 473. The average molecular weight is 324 g/mol. The second-order valence-electron chi connectivity index (χ2n) is 6.26. The molecule has 0 amide bonds. The van der Waals surface area contributed by atoms with E-state index >= 15 is 0 Å². The van der Waals surface area contributed by atoms with Gasteiger partial charge in [0.05, 0.1) is 13.2 Å². The van der Waals surface area contributed by atoms with Crippen molar-refractivity contribution < 1.29 is 35.7 Å². The van der Waals surface area contributed by atoms with Gasteiger partial charge in [-0.2, -0.15) is 8.42 Å². The third-order valence-electron chi connectivity index (χ3n) is 3.58. The molecule has 0 spiro atoms. The molecule has 0 bridgehead atoms. The van der Waals surface area contributed by atoms with E-state index in [1.54, 1.807) is 27.7 Å². The van der Waals surface area contributed by atoms with Gasteiger partial charge in [0.1, 0.15) is 24.4 Å². The van der Waals surface area contributed by atoms with E-state index in [1.165, 1.54) is 0 Å². The van der Waals surface area contributed by atoms with Gasteiger partial charge in [-0.15, -0.1) is 0 Å². The summed E-state index contributed by atoms with van der Waals surface area (Å²) in [7, 11) is -4.07. The minimum Gasteiger partial charge on any atom is -0.348 e. The molecule has 3 rings (SSSR count). The van der Waals surface area contributed by atoms with Crippen molar-refractivity contribution in [2.24, 2.45) is 0 Å². The number of ether oxygens (including phenoxy) is 4. The lowest BCUT2D eigenvalue weighted by Gasteiger charge is -2.25. The van der Waals surface area contributed by atoms with E-state index in [4.69, 9.17) is 27.3 Å². The summed E-state index contributed by atoms with van der Waals surface area (Å²) in [5.41, 5.74) is 0. The molecule has 0 saturated carbocycles. The Labute approximate surface area is 123 Å². The molecule has 3 aliphatic heterocycles. The molecule has 3 fully saturated rings. The van der Waals surface area contributed by atoms with E-state index in [2.05, 4.69) is 0 Å². The third kappa shape index (κ3) is 3.24. The molecule has 3 heterocycles. The van der Waals surface area contributed by atoms with Crippen molar-refractivity contribution in [2.75, 3.05) is 13.2 Å². The van der Waals surface area contributed by atoms with Crippen molar-refractivity contribution >= 4 is 10.4 Å². The second-order valence-corrected chi connectivity index (χ2v) is 7.47. The van der Waals surface area contributed by atoms with E-state index in [0.29, 0.717) is 0 Å². The molecule has 3 saturated heterocycles. The van der Waals surface area contributed by atoms with Crippen LogP contribution in [0.3, 0.4) is 0 Å². The smallest absolute Gasteiger partial charge is 0.348 e. The predicted molar refractivity (Wildman–Crippen MR) is 68.5 cm³/mol. The summed E-state index contributed by atoms with van der Waals surface area (Å²) < 4.78 is 55.6. The molecule has 122 valence electrons. The Hall–Kier alpha value is -0.290. The van der Waals surface area contributed by atoms with Crippen LogP contribution in [0, 0.1) is 0 Å². The summed E-state index contributed by atoms with van der Waals surface area (Å²) in [5.74, 6) is -1.56. The SMILES string of the molecule is CC1(C)OCC(C2OS(=O)(=O)OC2C2COC(C)(C)O2)O1. The molecule has 9 heteroatoms. The van der Waals surface area contributed by atoms with Crippen LogP contribution in [0.1, 0.15) is 27.7 Å². The molecule has 3 aliphatic rings. The van der Waals surface area contributed by atoms with Gasteiger partial charge in [-0.1, -0.05) is 0 Å². The van der Waals surface area contributed by atoms with Crippen LogP contribution in [0.5, 0.6) is 0 Å². The normalized spacial score (nSPS) is 44.2. The van der Waals surface area contributed by atoms with Crippen LogP contribution in [0.15, 0.2) is 0 Å². The first-order chi connectivity index (χ1) is 9.57. The standard InChI is InChI=1S/C12H20O8S/c1-11(2)15-5-7(17-11)9-10(20-21(13,14)19-9)8-6-16-12(3,4)18-8/h7-10H,5-6H2,1-4H3. The van der Waals surface area contributed by atoms with Gasteiger partial charge in [0.2, 0.25) is 0 Å². The Morgan fingerprint density at radius 1 is 0.810 bits per heavy atom. The Morgan fingerprint density at radius 3 is 1.48 bits per heavy atom. The minimum atomic E-state index is -4.07. The molecule has 0 aromatic heterocycles. The van der Waals surface area contributed by atoms with E-state index in [-0.39, 0.29) is 13.2 Å². The lowest BCUT2D eigenvalue weighted by Crippen LogP contribution is -2.45. The summed E-state index contributed by atoms with van der Waals surface area (Å²) in [6.07, 6.45) is -2.73. The number of rotatable bonds is 2. The van der Waals surface area contributed by atoms with Gasteiger partial charge in [0, 0.05) is 0 Å². The van der Waals surface area contributed by atoms with Gasteiger partial charge >= 0.3 is 10.4 Å². The Balaban J connectivity index is 1.78. The topological polar surface area (TPSA) is 89.5 Å². The predicted octanol–water partition coefficient (Wildman–Crippen LogP) is 0.318. The van der Waals surface area contributed by atoms with Crippen molar-refractivity contribution in [3.63, 3.8) is 0 Å². The zero-order valence-electron chi connectivity index (χ0n) is 12.4. The largest absolute Gasteiger partial charge is 0.400 e. The van der Waals surface area contributed by atoms with Gasteiger partial charge in [-0.05, 0) is 27.7 Å². The van der Waals surface area contributed by atoms with Crippen molar-refractivity contribution in [3.8, 4) is 0 Å². The summed E-state index contributed by atoms with van der Waals surface area (Å²) in [4.78, 5) is 0. The van der Waals surface area contributed by atoms with E-state index < -0.39 is 46.4 Å². The lowest BCUT2D eigenvalue weighted by atomic mass is 10.0. The molecule has 0 aromatic carbocycles. The van der Waals surface area contributed by atoms with E-state index in [9.17, 15) is 8.42 Å². The highest BCUT2D eigenvalue weighted by Crippen LogP contribution is 2.37. The molecule has 0 radical (unpaired) electrons. The highest BCUT2D eigenvalue weighted by molar-refractivity contribution is 7.82. The number of hydrogen-bond donors (Lipinski definition) is 0.